The van der Waals surface area contributed by atoms with Gasteiger partial charge in [0.15, 0.2) is 0 Å². The molecule has 0 spiro atoms. The maximum Gasteiger partial charge on any atom is 0.354 e. The zero-order valence-corrected chi connectivity index (χ0v) is 17.3. The average molecular weight is 398 g/mol. The van der Waals surface area contributed by atoms with Gasteiger partial charge in [-0.1, -0.05) is 25.3 Å². The third-order valence-corrected chi connectivity index (χ3v) is 4.61. The average Bonchev–Trinajstić information content (AvgIpc) is 2.70. The minimum Gasteiger partial charge on any atom is -0.464 e. The molecule has 28 heavy (non-hydrogen) atoms. The Hall–Kier alpha value is -1.89. The zero-order chi connectivity index (χ0) is 20.6. The molecule has 1 saturated carbocycles. The van der Waals surface area contributed by atoms with E-state index in [9.17, 15) is 14.4 Å². The van der Waals surface area contributed by atoms with E-state index < -0.39 is 5.97 Å². The van der Waals surface area contributed by atoms with E-state index in [1.54, 1.807) is 19.9 Å². The monoisotopic (exact) mass is 397 g/mol. The first-order chi connectivity index (χ1) is 13.6. The Bertz CT molecular complexity index is 511. The van der Waals surface area contributed by atoms with E-state index in [-0.39, 0.29) is 24.3 Å². The Morgan fingerprint density at radius 3 is 2.43 bits per heavy atom. The minimum atomic E-state index is -0.417. The molecule has 0 atom stereocenters. The van der Waals surface area contributed by atoms with Crippen LogP contribution in [0.15, 0.2) is 11.8 Å². The van der Waals surface area contributed by atoms with Gasteiger partial charge in [0.1, 0.15) is 18.1 Å². The molecule has 1 aliphatic rings. The summed E-state index contributed by atoms with van der Waals surface area (Å²) in [4.78, 5) is 35.5. The highest BCUT2D eigenvalue weighted by atomic mass is 16.6. The van der Waals surface area contributed by atoms with E-state index in [0.717, 1.165) is 25.7 Å². The SMILES string of the molecule is CCOC(=O)COCCC/C=C(\NCCC(=O)C1CCCCC1)C(=O)OCC. The van der Waals surface area contributed by atoms with Crippen LogP contribution >= 0.6 is 0 Å². The van der Waals surface area contributed by atoms with Crippen LogP contribution in [0.25, 0.3) is 0 Å². The molecule has 160 valence electrons. The number of unbranched alkanes of at least 4 members (excludes halogenated alkanes) is 1. The van der Waals surface area contributed by atoms with Crippen LogP contribution in [0.5, 0.6) is 0 Å². The van der Waals surface area contributed by atoms with Gasteiger partial charge in [-0.15, -0.1) is 0 Å². The van der Waals surface area contributed by atoms with E-state index in [1.807, 2.05) is 0 Å². The van der Waals surface area contributed by atoms with Gasteiger partial charge >= 0.3 is 11.9 Å². The summed E-state index contributed by atoms with van der Waals surface area (Å²) < 4.78 is 15.1. The lowest BCUT2D eigenvalue weighted by atomic mass is 9.85. The molecular weight excluding hydrogens is 362 g/mol. The molecule has 0 radical (unpaired) electrons. The van der Waals surface area contributed by atoms with Crippen molar-refractivity contribution in [2.75, 3.05) is 33.0 Å². The lowest BCUT2D eigenvalue weighted by molar-refractivity contribution is -0.148. The maximum absolute atomic E-state index is 12.3. The van der Waals surface area contributed by atoms with Crippen LogP contribution in [-0.2, 0) is 28.6 Å². The quantitative estimate of drug-likeness (QED) is 0.274. The van der Waals surface area contributed by atoms with E-state index in [4.69, 9.17) is 14.2 Å². The number of nitrogens with one attached hydrogen (secondary N) is 1. The summed E-state index contributed by atoms with van der Waals surface area (Å²) in [6.45, 7) is 4.89. The predicted molar refractivity (Wildman–Crippen MR) is 106 cm³/mol. The third kappa shape index (κ3) is 10.4. The Balaban J connectivity index is 2.34. The smallest absolute Gasteiger partial charge is 0.354 e. The second-order valence-electron chi connectivity index (χ2n) is 6.82. The standard InChI is InChI=1S/C21H35NO6/c1-3-27-20(24)16-26-15-9-8-12-18(21(25)28-4-2)22-14-13-19(23)17-10-6-5-7-11-17/h12,17,22H,3-11,13-16H2,1-2H3/b18-12-. The molecule has 0 aromatic carbocycles. The summed E-state index contributed by atoms with van der Waals surface area (Å²) in [5.41, 5.74) is 0.378. The van der Waals surface area contributed by atoms with Gasteiger partial charge in [-0.05, 0) is 39.5 Å². The topological polar surface area (TPSA) is 90.9 Å². The molecule has 7 nitrogen and oxygen atoms in total. The van der Waals surface area contributed by atoms with Crippen LogP contribution in [0.2, 0.25) is 0 Å². The molecule has 1 aliphatic carbocycles. The molecule has 1 N–H and O–H groups in total. The molecule has 0 saturated heterocycles. The van der Waals surface area contributed by atoms with Crippen molar-refractivity contribution in [1.82, 2.24) is 5.32 Å². The summed E-state index contributed by atoms with van der Waals surface area (Å²) in [6, 6.07) is 0. The van der Waals surface area contributed by atoms with Crippen molar-refractivity contribution in [2.45, 2.75) is 65.2 Å². The Morgan fingerprint density at radius 2 is 1.75 bits per heavy atom. The molecule has 1 rings (SSSR count). The molecule has 0 unspecified atom stereocenters. The highest BCUT2D eigenvalue weighted by Gasteiger charge is 2.20. The number of carbonyl (C=O) groups is 3. The molecule has 0 aromatic heterocycles. The van der Waals surface area contributed by atoms with Gasteiger partial charge in [0.25, 0.3) is 0 Å². The van der Waals surface area contributed by atoms with Gasteiger partial charge in [0.2, 0.25) is 0 Å². The van der Waals surface area contributed by atoms with Crippen molar-refractivity contribution in [3.63, 3.8) is 0 Å². The van der Waals surface area contributed by atoms with Gasteiger partial charge in [-0.3, -0.25) is 4.79 Å². The van der Waals surface area contributed by atoms with Crippen LogP contribution in [0, 0.1) is 5.92 Å². The number of Topliss-reactive ketones (excluding diaryl/α,β-unsaturated/α-hetero) is 1. The number of esters is 2. The number of hydrogen-bond donors (Lipinski definition) is 1. The van der Waals surface area contributed by atoms with Gasteiger partial charge < -0.3 is 19.5 Å². The molecule has 0 amide bonds. The molecule has 0 aliphatic heterocycles. The fraction of sp³-hybridized carbons (Fsp3) is 0.762. The first kappa shape index (κ1) is 24.1. The Morgan fingerprint density at radius 1 is 1.04 bits per heavy atom. The van der Waals surface area contributed by atoms with Gasteiger partial charge in [-0.2, -0.15) is 0 Å². The molecule has 1 fully saturated rings. The normalized spacial score (nSPS) is 15.1. The lowest BCUT2D eigenvalue weighted by Gasteiger charge is -2.20. The fourth-order valence-electron chi connectivity index (χ4n) is 3.18. The van der Waals surface area contributed by atoms with E-state index in [2.05, 4.69) is 5.32 Å². The molecular formula is C21H35NO6. The van der Waals surface area contributed by atoms with Crippen molar-refractivity contribution in [3.8, 4) is 0 Å². The van der Waals surface area contributed by atoms with E-state index >= 15 is 0 Å². The Kier molecular flexibility index (Phi) is 13.0. The lowest BCUT2D eigenvalue weighted by Crippen LogP contribution is -2.27. The Labute approximate surface area is 168 Å². The zero-order valence-electron chi connectivity index (χ0n) is 17.3. The summed E-state index contributed by atoms with van der Waals surface area (Å²) >= 11 is 0. The summed E-state index contributed by atoms with van der Waals surface area (Å²) in [5.74, 6) is -0.334. The maximum atomic E-state index is 12.3. The molecule has 0 bridgehead atoms. The van der Waals surface area contributed by atoms with Gasteiger partial charge in [0, 0.05) is 25.5 Å². The van der Waals surface area contributed by atoms with Crippen LogP contribution in [0.3, 0.4) is 0 Å². The van der Waals surface area contributed by atoms with Gasteiger partial charge in [0.05, 0.1) is 13.2 Å². The summed E-state index contributed by atoms with van der Waals surface area (Å²) in [7, 11) is 0. The third-order valence-electron chi connectivity index (χ3n) is 4.61. The number of allylic oxidation sites excluding steroid dienone is 1. The highest BCUT2D eigenvalue weighted by Crippen LogP contribution is 2.25. The second kappa shape index (κ2) is 15.1. The largest absolute Gasteiger partial charge is 0.464 e. The van der Waals surface area contributed by atoms with Crippen molar-refractivity contribution in [1.29, 1.82) is 0 Å². The first-order valence-corrected chi connectivity index (χ1v) is 10.5. The number of rotatable bonds is 14. The molecule has 0 aromatic rings. The summed E-state index contributed by atoms with van der Waals surface area (Å²) in [5, 5.41) is 3.05. The van der Waals surface area contributed by atoms with Crippen LogP contribution in [0.4, 0.5) is 0 Å². The number of carbonyl (C=O) groups excluding carboxylic acids is 3. The number of hydrogen-bond acceptors (Lipinski definition) is 7. The molecule has 0 heterocycles. The molecule has 7 heteroatoms. The fourth-order valence-corrected chi connectivity index (χ4v) is 3.18. The second-order valence-corrected chi connectivity index (χ2v) is 6.82. The highest BCUT2D eigenvalue weighted by molar-refractivity contribution is 5.88. The van der Waals surface area contributed by atoms with Crippen LogP contribution in [0.1, 0.15) is 65.2 Å². The van der Waals surface area contributed by atoms with Crippen molar-refractivity contribution in [2.24, 2.45) is 5.92 Å². The van der Waals surface area contributed by atoms with Gasteiger partial charge in [-0.25, -0.2) is 9.59 Å². The minimum absolute atomic E-state index is 0.0657. The van der Waals surface area contributed by atoms with Crippen molar-refractivity contribution < 1.29 is 28.6 Å². The van der Waals surface area contributed by atoms with Crippen LogP contribution < -0.4 is 5.32 Å². The first-order valence-electron chi connectivity index (χ1n) is 10.5. The van der Waals surface area contributed by atoms with Crippen LogP contribution in [-0.4, -0.2) is 50.7 Å². The van der Waals surface area contributed by atoms with E-state index in [0.29, 0.717) is 51.3 Å². The van der Waals surface area contributed by atoms with Crippen molar-refractivity contribution >= 4 is 17.7 Å². The summed E-state index contributed by atoms with van der Waals surface area (Å²) in [6.07, 6.45) is 8.91. The number of ether oxygens (including phenoxy) is 3. The van der Waals surface area contributed by atoms with E-state index in [1.165, 1.54) is 6.42 Å². The van der Waals surface area contributed by atoms with Crippen molar-refractivity contribution in [3.05, 3.63) is 11.8 Å². The predicted octanol–water partition coefficient (Wildman–Crippen LogP) is 2.92. The number of ketones is 1.